The summed E-state index contributed by atoms with van der Waals surface area (Å²) in [7, 11) is 0. The fourth-order valence-corrected chi connectivity index (χ4v) is 4.76. The second kappa shape index (κ2) is 10.1. The number of benzene rings is 1. The van der Waals surface area contributed by atoms with Crippen LogP contribution in [0.4, 0.5) is 5.69 Å². The summed E-state index contributed by atoms with van der Waals surface area (Å²) in [5, 5.41) is 3.56. The predicted octanol–water partition coefficient (Wildman–Crippen LogP) is 2.96. The summed E-state index contributed by atoms with van der Waals surface area (Å²) in [5.41, 5.74) is 11.8. The highest BCUT2D eigenvalue weighted by molar-refractivity contribution is 7.09. The summed E-state index contributed by atoms with van der Waals surface area (Å²) in [6.07, 6.45) is 4.43. The molecule has 0 unspecified atom stereocenters. The monoisotopic (exact) mass is 463 g/mol. The molecule has 1 aliphatic rings. The van der Waals surface area contributed by atoms with Crippen molar-refractivity contribution in [3.8, 4) is 0 Å². The molecule has 0 radical (unpaired) electrons. The van der Waals surface area contributed by atoms with Gasteiger partial charge in [0.05, 0.1) is 5.69 Å². The summed E-state index contributed by atoms with van der Waals surface area (Å²) < 4.78 is 3.92. The number of carbonyl (C=O) groups is 3. The van der Waals surface area contributed by atoms with Crippen molar-refractivity contribution >= 4 is 46.5 Å². The van der Waals surface area contributed by atoms with E-state index in [0.717, 1.165) is 37.2 Å². The first kappa shape index (κ1) is 23.0. The van der Waals surface area contributed by atoms with Crippen molar-refractivity contribution in [2.24, 2.45) is 5.73 Å². The molecule has 31 heavy (non-hydrogen) atoms. The molecule has 5 N–H and O–H groups in total. The Balaban J connectivity index is 1.94. The van der Waals surface area contributed by atoms with Crippen LogP contribution in [0.15, 0.2) is 24.3 Å². The Kier molecular flexibility index (Phi) is 7.50. The molecular formula is C21H26ClN5O3S. The molecule has 1 fully saturated rings. The van der Waals surface area contributed by atoms with E-state index in [9.17, 15) is 14.4 Å². The number of rotatable bonds is 8. The fraction of sp³-hybridized carbons (Fsp3) is 0.429. The highest BCUT2D eigenvalue weighted by Crippen LogP contribution is 2.27. The lowest BCUT2D eigenvalue weighted by Crippen LogP contribution is -2.50. The standard InChI is InChI=1S/C21H26ClN5O3S/c1-2-15(20(29)25-13-8-4-5-9-13)27(11-12-7-3-6-10-14(12)22)21(30)18-16(23)17(19(24)28)26-31-18/h3,6-7,10,13,15H,2,4-5,8-9,11,23H2,1H3,(H2,24,28)(H,25,29)/t15-/m1/s1. The van der Waals surface area contributed by atoms with Crippen molar-refractivity contribution in [2.75, 3.05) is 5.73 Å². The number of primary amides is 1. The zero-order valence-electron chi connectivity index (χ0n) is 17.3. The van der Waals surface area contributed by atoms with Gasteiger partial charge in [0.2, 0.25) is 5.91 Å². The van der Waals surface area contributed by atoms with Crippen molar-refractivity contribution < 1.29 is 14.4 Å². The van der Waals surface area contributed by atoms with Gasteiger partial charge in [0, 0.05) is 17.6 Å². The number of nitrogens with zero attached hydrogens (tertiary/aromatic N) is 2. The number of amides is 3. The molecule has 0 saturated heterocycles. The van der Waals surface area contributed by atoms with Crippen LogP contribution in [0, 0.1) is 0 Å². The Labute approximate surface area is 190 Å². The first-order valence-electron chi connectivity index (χ1n) is 10.2. The molecule has 3 rings (SSSR count). The highest BCUT2D eigenvalue weighted by Gasteiger charge is 2.34. The minimum Gasteiger partial charge on any atom is -0.395 e. The molecule has 1 aliphatic carbocycles. The highest BCUT2D eigenvalue weighted by atomic mass is 35.5. The normalized spacial score (nSPS) is 14.9. The summed E-state index contributed by atoms with van der Waals surface area (Å²) in [4.78, 5) is 39.7. The Bertz CT molecular complexity index is 974. The van der Waals surface area contributed by atoms with Crippen LogP contribution in [0.25, 0.3) is 0 Å². The molecule has 3 amide bonds. The maximum Gasteiger partial charge on any atom is 0.270 e. The second-order valence-electron chi connectivity index (χ2n) is 7.58. The largest absolute Gasteiger partial charge is 0.395 e. The van der Waals surface area contributed by atoms with Gasteiger partial charge in [-0.05, 0) is 42.4 Å². The maximum atomic E-state index is 13.5. The van der Waals surface area contributed by atoms with Crippen molar-refractivity contribution in [1.29, 1.82) is 0 Å². The van der Waals surface area contributed by atoms with Gasteiger partial charge in [-0.3, -0.25) is 14.4 Å². The molecule has 8 nitrogen and oxygen atoms in total. The summed E-state index contributed by atoms with van der Waals surface area (Å²) in [5.74, 6) is -1.51. The zero-order chi connectivity index (χ0) is 22.5. The SMILES string of the molecule is CC[C@H](C(=O)NC1CCCC1)N(Cc1ccccc1Cl)C(=O)c1snc(C(N)=O)c1N. The maximum absolute atomic E-state index is 13.5. The van der Waals surface area contributed by atoms with Gasteiger partial charge in [-0.2, -0.15) is 4.37 Å². The minimum absolute atomic E-state index is 0.0716. The van der Waals surface area contributed by atoms with Crippen LogP contribution in [0.2, 0.25) is 5.02 Å². The van der Waals surface area contributed by atoms with Crippen molar-refractivity contribution in [3.63, 3.8) is 0 Å². The molecule has 2 aromatic rings. The van der Waals surface area contributed by atoms with E-state index in [1.54, 1.807) is 18.2 Å². The fourth-order valence-electron chi connectivity index (χ4n) is 3.81. The Hall–Kier alpha value is -2.65. The van der Waals surface area contributed by atoms with E-state index in [1.165, 1.54) is 4.90 Å². The molecule has 0 aliphatic heterocycles. The Morgan fingerprint density at radius 2 is 1.97 bits per heavy atom. The molecule has 0 spiro atoms. The third-order valence-electron chi connectivity index (χ3n) is 5.48. The average molecular weight is 464 g/mol. The number of nitrogens with two attached hydrogens (primary N) is 2. The summed E-state index contributed by atoms with van der Waals surface area (Å²) >= 11 is 7.12. The van der Waals surface area contributed by atoms with Crippen molar-refractivity contribution in [2.45, 2.75) is 57.7 Å². The lowest BCUT2D eigenvalue weighted by atomic mass is 10.1. The molecule has 1 saturated carbocycles. The van der Waals surface area contributed by atoms with E-state index in [0.29, 0.717) is 17.0 Å². The number of nitrogen functional groups attached to an aromatic ring is 1. The van der Waals surface area contributed by atoms with E-state index in [-0.39, 0.29) is 34.8 Å². The zero-order valence-corrected chi connectivity index (χ0v) is 18.8. The molecule has 1 aromatic carbocycles. The first-order chi connectivity index (χ1) is 14.8. The van der Waals surface area contributed by atoms with E-state index in [4.69, 9.17) is 23.1 Å². The molecule has 10 heteroatoms. The Morgan fingerprint density at radius 3 is 2.55 bits per heavy atom. The molecule has 166 valence electrons. The van der Waals surface area contributed by atoms with Crippen LogP contribution in [-0.2, 0) is 11.3 Å². The van der Waals surface area contributed by atoms with Gasteiger partial charge in [-0.15, -0.1) is 0 Å². The van der Waals surface area contributed by atoms with Gasteiger partial charge in [0.1, 0.15) is 10.9 Å². The van der Waals surface area contributed by atoms with Crippen molar-refractivity contribution in [3.05, 3.63) is 45.4 Å². The van der Waals surface area contributed by atoms with Crippen LogP contribution >= 0.6 is 23.1 Å². The van der Waals surface area contributed by atoms with Gasteiger partial charge in [-0.1, -0.05) is 49.6 Å². The number of carbonyl (C=O) groups excluding carboxylic acids is 3. The predicted molar refractivity (Wildman–Crippen MR) is 121 cm³/mol. The number of nitrogens with one attached hydrogen (secondary N) is 1. The number of hydrogen-bond donors (Lipinski definition) is 3. The number of anilines is 1. The molecule has 0 bridgehead atoms. The smallest absolute Gasteiger partial charge is 0.270 e. The Morgan fingerprint density at radius 1 is 1.29 bits per heavy atom. The van der Waals surface area contributed by atoms with E-state index in [2.05, 4.69) is 9.69 Å². The summed E-state index contributed by atoms with van der Waals surface area (Å²) in [6, 6.07) is 6.52. The lowest BCUT2D eigenvalue weighted by molar-refractivity contribution is -0.126. The van der Waals surface area contributed by atoms with Crippen LogP contribution in [0.5, 0.6) is 0 Å². The van der Waals surface area contributed by atoms with Crippen LogP contribution in [0.3, 0.4) is 0 Å². The topological polar surface area (TPSA) is 131 Å². The molecule has 1 aromatic heterocycles. The van der Waals surface area contributed by atoms with E-state index >= 15 is 0 Å². The summed E-state index contributed by atoms with van der Waals surface area (Å²) in [6.45, 7) is 1.95. The third kappa shape index (κ3) is 5.16. The van der Waals surface area contributed by atoms with Gasteiger partial charge < -0.3 is 21.7 Å². The number of halogens is 1. The number of hydrogen-bond acceptors (Lipinski definition) is 6. The van der Waals surface area contributed by atoms with Crippen LogP contribution in [-0.4, -0.2) is 39.1 Å². The third-order valence-corrected chi connectivity index (χ3v) is 6.70. The molecular weight excluding hydrogens is 438 g/mol. The minimum atomic E-state index is -0.809. The second-order valence-corrected chi connectivity index (χ2v) is 8.76. The van der Waals surface area contributed by atoms with Gasteiger partial charge in [0.15, 0.2) is 5.69 Å². The number of aromatic nitrogens is 1. The first-order valence-corrected chi connectivity index (χ1v) is 11.4. The van der Waals surface area contributed by atoms with Crippen molar-refractivity contribution in [1.82, 2.24) is 14.6 Å². The molecule has 1 heterocycles. The quantitative estimate of drug-likeness (QED) is 0.553. The van der Waals surface area contributed by atoms with Crippen LogP contribution < -0.4 is 16.8 Å². The average Bonchev–Trinajstić information content (AvgIpc) is 3.38. The van der Waals surface area contributed by atoms with Gasteiger partial charge in [-0.25, -0.2) is 0 Å². The van der Waals surface area contributed by atoms with Gasteiger partial charge >= 0.3 is 0 Å². The van der Waals surface area contributed by atoms with Gasteiger partial charge in [0.25, 0.3) is 11.8 Å². The van der Waals surface area contributed by atoms with Crippen LogP contribution in [0.1, 0.15) is 64.8 Å². The lowest BCUT2D eigenvalue weighted by Gasteiger charge is -2.31. The van der Waals surface area contributed by atoms with E-state index in [1.807, 2.05) is 13.0 Å². The van der Waals surface area contributed by atoms with E-state index < -0.39 is 17.9 Å². The molecule has 1 atom stereocenters.